The standard InChI is InChI=1S/C43H42BFN6O7S/c45-29-4-1-27(2-5-29)40-39(34-11-3-28(44(56)57)25-37(34)59-40)58-32-9-6-30(7-10-32)49-21-17-47(18-22-49)15-16-48-19-23-50(24-20-48)31-8-12-33-35(26-31)43(55)51(42(33)54)36-13-14-38(52)46-41(36)53/h1-12,25-26,36,56-57H,13-24H2,(H,46,52,53). The maximum absolute atomic E-state index is 13.8. The number of imide groups is 2. The molecular formula is C43H42BFN6O7S. The number of carbonyl (C=O) groups is 4. The van der Waals surface area contributed by atoms with Crippen molar-refractivity contribution in [2.45, 2.75) is 18.9 Å². The Labute approximate surface area is 344 Å². The fourth-order valence-electron chi connectivity index (χ4n) is 8.38. The first kappa shape index (κ1) is 38.8. The van der Waals surface area contributed by atoms with Crippen molar-refractivity contribution in [2.75, 3.05) is 75.2 Å². The van der Waals surface area contributed by atoms with Gasteiger partial charge in [0, 0.05) is 93.3 Å². The summed E-state index contributed by atoms with van der Waals surface area (Å²) in [5.74, 6) is -1.02. The molecule has 1 atom stereocenters. The van der Waals surface area contributed by atoms with Crippen molar-refractivity contribution in [2.24, 2.45) is 0 Å². The summed E-state index contributed by atoms with van der Waals surface area (Å²) in [6.07, 6.45) is 0.218. The zero-order valence-corrected chi connectivity index (χ0v) is 33.0. The molecule has 5 aromatic rings. The number of carbonyl (C=O) groups excluding carboxylic acids is 4. The number of rotatable bonds is 10. The fraction of sp³-hybridized carbons (Fsp3) is 0.302. The second kappa shape index (κ2) is 16.2. The number of fused-ring (bicyclic) bond motifs is 2. The molecule has 59 heavy (non-hydrogen) atoms. The molecule has 302 valence electrons. The number of nitrogens with one attached hydrogen (secondary N) is 1. The number of nitrogens with zero attached hydrogens (tertiary/aromatic N) is 5. The summed E-state index contributed by atoms with van der Waals surface area (Å²) in [4.78, 5) is 61.9. The summed E-state index contributed by atoms with van der Waals surface area (Å²) < 4.78 is 21.1. The second-order valence-electron chi connectivity index (χ2n) is 15.3. The summed E-state index contributed by atoms with van der Waals surface area (Å²) in [7, 11) is -1.59. The molecule has 3 N–H and O–H groups in total. The summed E-state index contributed by atoms with van der Waals surface area (Å²) in [6.45, 7) is 8.94. The topological polar surface area (TPSA) is 146 Å². The van der Waals surface area contributed by atoms with Crippen LogP contribution in [0.1, 0.15) is 33.6 Å². The normalized spacial score (nSPS) is 19.1. The van der Waals surface area contributed by atoms with Gasteiger partial charge in [-0.25, -0.2) is 4.39 Å². The molecule has 16 heteroatoms. The number of halogens is 1. The van der Waals surface area contributed by atoms with Crippen molar-refractivity contribution in [1.29, 1.82) is 0 Å². The molecule has 4 aliphatic heterocycles. The molecule has 3 saturated heterocycles. The van der Waals surface area contributed by atoms with E-state index in [1.165, 1.54) is 23.5 Å². The number of hydrogen-bond donors (Lipinski definition) is 3. The first-order chi connectivity index (χ1) is 28.6. The van der Waals surface area contributed by atoms with E-state index in [0.717, 1.165) is 102 Å². The minimum absolute atomic E-state index is 0.0872. The molecule has 1 aromatic heterocycles. The Morgan fingerprint density at radius 2 is 1.36 bits per heavy atom. The lowest BCUT2D eigenvalue weighted by Crippen LogP contribution is -2.54. The van der Waals surface area contributed by atoms with Gasteiger partial charge in [0.25, 0.3) is 11.8 Å². The van der Waals surface area contributed by atoms with Crippen molar-refractivity contribution in [3.05, 3.63) is 102 Å². The Bertz CT molecular complexity index is 2430. The van der Waals surface area contributed by atoms with Crippen molar-refractivity contribution < 1.29 is 38.4 Å². The molecule has 4 aromatic carbocycles. The number of thiophene rings is 1. The fourth-order valence-corrected chi connectivity index (χ4v) is 9.57. The highest BCUT2D eigenvalue weighted by atomic mass is 32.1. The lowest BCUT2D eigenvalue weighted by Gasteiger charge is -2.39. The van der Waals surface area contributed by atoms with E-state index in [1.54, 1.807) is 36.4 Å². The van der Waals surface area contributed by atoms with E-state index in [9.17, 15) is 33.6 Å². The van der Waals surface area contributed by atoms with Crippen LogP contribution in [0.4, 0.5) is 15.8 Å². The third-order valence-electron chi connectivity index (χ3n) is 11.8. The average Bonchev–Trinajstić information content (AvgIpc) is 3.73. The van der Waals surface area contributed by atoms with Crippen LogP contribution in [-0.2, 0) is 9.59 Å². The number of hydrogen-bond acceptors (Lipinski definition) is 12. The van der Waals surface area contributed by atoms with Crippen LogP contribution >= 0.6 is 11.3 Å². The number of ether oxygens (including phenoxy) is 1. The van der Waals surface area contributed by atoms with E-state index < -0.39 is 36.8 Å². The predicted octanol–water partition coefficient (Wildman–Crippen LogP) is 3.52. The highest BCUT2D eigenvalue weighted by Crippen LogP contribution is 2.46. The van der Waals surface area contributed by atoms with Crippen LogP contribution in [0.2, 0.25) is 0 Å². The molecule has 4 amide bonds. The molecule has 0 spiro atoms. The molecular weight excluding hydrogens is 774 g/mol. The maximum Gasteiger partial charge on any atom is 0.488 e. The summed E-state index contributed by atoms with van der Waals surface area (Å²) in [6, 6.07) is 23.9. The van der Waals surface area contributed by atoms with Gasteiger partial charge < -0.3 is 24.6 Å². The van der Waals surface area contributed by atoms with Gasteiger partial charge in [-0.2, -0.15) is 0 Å². The third kappa shape index (κ3) is 7.81. The molecule has 0 bridgehead atoms. The molecule has 1 unspecified atom stereocenters. The van der Waals surface area contributed by atoms with Crippen LogP contribution in [-0.4, -0.2) is 127 Å². The van der Waals surface area contributed by atoms with Gasteiger partial charge >= 0.3 is 7.12 Å². The largest absolute Gasteiger partial charge is 0.488 e. The van der Waals surface area contributed by atoms with E-state index in [-0.39, 0.29) is 24.2 Å². The molecule has 13 nitrogen and oxygen atoms in total. The zero-order chi connectivity index (χ0) is 40.8. The van der Waals surface area contributed by atoms with E-state index in [2.05, 4.69) is 37.0 Å². The minimum Gasteiger partial charge on any atom is -0.455 e. The Kier molecular flexibility index (Phi) is 10.7. The van der Waals surface area contributed by atoms with Gasteiger partial charge in [-0.3, -0.25) is 39.2 Å². The van der Waals surface area contributed by atoms with Crippen LogP contribution in [0.15, 0.2) is 84.9 Å². The summed E-state index contributed by atoms with van der Waals surface area (Å²) >= 11 is 1.45. The Hall–Kier alpha value is -5.65. The molecule has 9 rings (SSSR count). The van der Waals surface area contributed by atoms with Gasteiger partial charge in [-0.15, -0.1) is 11.3 Å². The van der Waals surface area contributed by atoms with E-state index in [4.69, 9.17) is 4.74 Å². The summed E-state index contributed by atoms with van der Waals surface area (Å²) in [5, 5.41) is 22.5. The van der Waals surface area contributed by atoms with Crippen molar-refractivity contribution in [3.8, 4) is 21.9 Å². The zero-order valence-electron chi connectivity index (χ0n) is 32.2. The third-order valence-corrected chi connectivity index (χ3v) is 12.9. The minimum atomic E-state index is -1.59. The van der Waals surface area contributed by atoms with Crippen LogP contribution in [0.25, 0.3) is 20.5 Å². The molecule has 0 saturated carbocycles. The first-order valence-corrected chi connectivity index (χ1v) is 20.7. The van der Waals surface area contributed by atoms with Gasteiger partial charge in [0.1, 0.15) is 17.6 Å². The number of piperazine rings is 2. The highest BCUT2D eigenvalue weighted by molar-refractivity contribution is 7.22. The van der Waals surface area contributed by atoms with E-state index in [0.29, 0.717) is 22.5 Å². The highest BCUT2D eigenvalue weighted by Gasteiger charge is 2.45. The molecule has 5 heterocycles. The average molecular weight is 817 g/mol. The Balaban J connectivity index is 0.760. The second-order valence-corrected chi connectivity index (χ2v) is 16.4. The first-order valence-electron chi connectivity index (χ1n) is 19.9. The van der Waals surface area contributed by atoms with Crippen LogP contribution in [0.5, 0.6) is 11.5 Å². The number of piperidine rings is 1. The Morgan fingerprint density at radius 3 is 2.00 bits per heavy atom. The van der Waals surface area contributed by atoms with Gasteiger partial charge in [0.2, 0.25) is 11.8 Å². The van der Waals surface area contributed by atoms with Crippen LogP contribution in [0, 0.1) is 5.82 Å². The predicted molar refractivity (Wildman–Crippen MR) is 224 cm³/mol. The molecule has 4 aliphatic rings. The quantitative estimate of drug-likeness (QED) is 0.141. The van der Waals surface area contributed by atoms with Gasteiger partial charge in [-0.1, -0.05) is 24.3 Å². The lowest BCUT2D eigenvalue weighted by molar-refractivity contribution is -0.136. The van der Waals surface area contributed by atoms with Crippen molar-refractivity contribution in [3.63, 3.8) is 0 Å². The molecule has 0 aliphatic carbocycles. The van der Waals surface area contributed by atoms with Gasteiger partial charge in [0.15, 0.2) is 5.75 Å². The van der Waals surface area contributed by atoms with Gasteiger partial charge in [-0.05, 0) is 78.1 Å². The van der Waals surface area contributed by atoms with E-state index in [1.807, 2.05) is 24.3 Å². The van der Waals surface area contributed by atoms with E-state index >= 15 is 0 Å². The lowest BCUT2D eigenvalue weighted by atomic mass is 9.80. The van der Waals surface area contributed by atoms with Gasteiger partial charge in [0.05, 0.1) is 16.0 Å². The summed E-state index contributed by atoms with van der Waals surface area (Å²) in [5.41, 5.74) is 3.77. The smallest absolute Gasteiger partial charge is 0.455 e. The number of benzene rings is 4. The number of amides is 4. The van der Waals surface area contributed by atoms with Crippen molar-refractivity contribution in [1.82, 2.24) is 20.0 Å². The van der Waals surface area contributed by atoms with Crippen molar-refractivity contribution >= 4 is 69.0 Å². The molecule has 3 fully saturated rings. The number of anilines is 2. The van der Waals surface area contributed by atoms with Crippen LogP contribution in [0.3, 0.4) is 0 Å². The Morgan fingerprint density at radius 1 is 0.729 bits per heavy atom. The monoisotopic (exact) mass is 816 g/mol. The SMILES string of the molecule is O=C1CCC(N2C(=O)c3ccc(N4CCN(CCN5CCN(c6ccc(Oc7c(-c8ccc(F)cc8)sc8cc(B(O)O)ccc78)cc6)CC5)CC4)cc3C2=O)C(=O)N1. The maximum atomic E-state index is 13.8. The molecule has 0 radical (unpaired) electrons. The van der Waals surface area contributed by atoms with Crippen LogP contribution < -0.4 is 25.3 Å².